The highest BCUT2D eigenvalue weighted by Gasteiger charge is 2.13. The summed E-state index contributed by atoms with van der Waals surface area (Å²) in [5, 5.41) is 3.78. The number of nitrogens with two attached hydrogens (primary N) is 1. The molecule has 0 unspecified atom stereocenters. The second kappa shape index (κ2) is 16.3. The monoisotopic (exact) mass is 598 g/mol. The van der Waals surface area contributed by atoms with Gasteiger partial charge in [-0.25, -0.2) is 0 Å². The molecular formula is C30H32Cl2N4OS2. The average Bonchev–Trinajstić information content (AvgIpc) is 2.98. The van der Waals surface area contributed by atoms with Crippen LogP contribution in [0.4, 0.5) is 11.4 Å². The van der Waals surface area contributed by atoms with Crippen LogP contribution in [0.25, 0.3) is 22.0 Å². The third kappa shape index (κ3) is 9.41. The Labute approximate surface area is 249 Å². The fraction of sp³-hybridized carbons (Fsp3) is 0.167. The number of benzene rings is 3. The van der Waals surface area contributed by atoms with Crippen molar-refractivity contribution in [3.8, 4) is 11.3 Å². The summed E-state index contributed by atoms with van der Waals surface area (Å²) in [5.74, 6) is 0.711. The second-order valence-electron chi connectivity index (χ2n) is 8.14. The minimum Gasteiger partial charge on any atom is -0.405 e. The molecule has 9 heteroatoms. The van der Waals surface area contributed by atoms with E-state index in [4.69, 9.17) is 27.9 Å². The molecule has 204 valence electrons. The number of halogens is 2. The molecule has 0 spiro atoms. The summed E-state index contributed by atoms with van der Waals surface area (Å²) in [6, 6.07) is 24.8. The van der Waals surface area contributed by atoms with Crippen molar-refractivity contribution in [2.24, 2.45) is 5.73 Å². The molecule has 0 bridgehead atoms. The Morgan fingerprint density at radius 3 is 2.54 bits per heavy atom. The van der Waals surface area contributed by atoms with Crippen LogP contribution in [0.15, 0.2) is 108 Å². The number of hydrogen-bond donors (Lipinski definition) is 2. The fourth-order valence-corrected chi connectivity index (χ4v) is 5.11. The van der Waals surface area contributed by atoms with Gasteiger partial charge >= 0.3 is 0 Å². The number of hydrogen-bond acceptors (Lipinski definition) is 7. The Bertz CT molecular complexity index is 1370. The third-order valence-electron chi connectivity index (χ3n) is 5.43. The minimum atomic E-state index is 0.687. The molecule has 1 aliphatic heterocycles. The van der Waals surface area contributed by atoms with Crippen LogP contribution >= 0.6 is 47.1 Å². The molecule has 5 rings (SSSR count). The van der Waals surface area contributed by atoms with Crippen LogP contribution in [0.2, 0.25) is 5.02 Å². The van der Waals surface area contributed by atoms with Crippen LogP contribution in [0, 0.1) is 0 Å². The van der Waals surface area contributed by atoms with Crippen LogP contribution in [0.5, 0.6) is 0 Å². The number of rotatable bonds is 5. The zero-order valence-electron chi connectivity index (χ0n) is 21.9. The molecular weight excluding hydrogens is 567 g/mol. The first-order valence-corrected chi connectivity index (χ1v) is 14.7. The molecule has 39 heavy (non-hydrogen) atoms. The van der Waals surface area contributed by atoms with Gasteiger partial charge in [0.15, 0.2) is 0 Å². The van der Waals surface area contributed by atoms with Crippen LogP contribution < -0.4 is 14.8 Å². The lowest BCUT2D eigenvalue weighted by Gasteiger charge is -2.27. The minimum absolute atomic E-state index is 0.687. The molecule has 0 aliphatic carbocycles. The van der Waals surface area contributed by atoms with E-state index in [0.717, 1.165) is 50.8 Å². The van der Waals surface area contributed by atoms with Crippen LogP contribution in [0.3, 0.4) is 0 Å². The van der Waals surface area contributed by atoms with Crippen molar-refractivity contribution in [2.45, 2.75) is 18.7 Å². The Hall–Kier alpha value is -2.81. The van der Waals surface area contributed by atoms with Crippen molar-refractivity contribution in [1.29, 1.82) is 0 Å². The van der Waals surface area contributed by atoms with Crippen molar-refractivity contribution in [3.05, 3.63) is 108 Å². The van der Waals surface area contributed by atoms with E-state index in [1.54, 1.807) is 23.9 Å². The number of pyridine rings is 1. The molecule has 4 aromatic rings. The van der Waals surface area contributed by atoms with Crippen LogP contribution in [-0.2, 0) is 4.74 Å². The van der Waals surface area contributed by atoms with Gasteiger partial charge in [-0.05, 0) is 97.9 Å². The van der Waals surface area contributed by atoms with Gasteiger partial charge in [-0.3, -0.25) is 4.98 Å². The van der Waals surface area contributed by atoms with Gasteiger partial charge in [-0.1, -0.05) is 60.1 Å². The number of allylic oxidation sites excluding steroid dienone is 2. The molecule has 0 atom stereocenters. The number of anilines is 2. The summed E-state index contributed by atoms with van der Waals surface area (Å²) < 4.78 is 11.1. The van der Waals surface area contributed by atoms with E-state index in [1.807, 2.05) is 56.5 Å². The quantitative estimate of drug-likeness (QED) is 0.222. The van der Waals surface area contributed by atoms with Crippen molar-refractivity contribution in [3.63, 3.8) is 0 Å². The maximum atomic E-state index is 6.55. The summed E-state index contributed by atoms with van der Waals surface area (Å²) in [6.07, 6.45) is 4.93. The van der Waals surface area contributed by atoms with Crippen molar-refractivity contribution in [1.82, 2.24) is 4.98 Å². The number of nitrogens with one attached hydrogen (secondary N) is 1. The van der Waals surface area contributed by atoms with Gasteiger partial charge < -0.3 is 19.5 Å². The summed E-state index contributed by atoms with van der Waals surface area (Å²) in [5.41, 5.74) is 8.60. The zero-order chi connectivity index (χ0) is 28.0. The Balaban J connectivity index is 0.000000466. The normalized spacial score (nSPS) is 13.0. The molecule has 0 saturated carbocycles. The van der Waals surface area contributed by atoms with Gasteiger partial charge in [0.05, 0.1) is 23.9 Å². The molecule has 0 radical (unpaired) electrons. The van der Waals surface area contributed by atoms with Gasteiger partial charge in [0.2, 0.25) is 0 Å². The number of fused-ring (bicyclic) bond motifs is 1. The molecule has 1 fully saturated rings. The van der Waals surface area contributed by atoms with E-state index < -0.39 is 0 Å². The average molecular weight is 600 g/mol. The first-order valence-electron chi connectivity index (χ1n) is 12.2. The molecule has 1 aliphatic rings. The van der Waals surface area contributed by atoms with Crippen molar-refractivity contribution in [2.75, 3.05) is 28.1 Å². The second-order valence-corrected chi connectivity index (χ2v) is 11.0. The zero-order valence-corrected chi connectivity index (χ0v) is 25.1. The number of ether oxygens (including phenoxy) is 1. The summed E-state index contributed by atoms with van der Waals surface area (Å²) >= 11 is 15.2. The highest BCUT2D eigenvalue weighted by molar-refractivity contribution is 8.00. The maximum Gasteiger partial charge on any atom is 0.112 e. The highest BCUT2D eigenvalue weighted by Crippen LogP contribution is 2.35. The molecule has 0 amide bonds. The van der Waals surface area contributed by atoms with E-state index in [-0.39, 0.29) is 0 Å². The molecule has 5 nitrogen and oxygen atoms in total. The first-order chi connectivity index (χ1) is 19.0. The Morgan fingerprint density at radius 2 is 1.87 bits per heavy atom. The molecule has 3 N–H and O–H groups in total. The third-order valence-corrected chi connectivity index (χ3v) is 7.81. The highest BCUT2D eigenvalue weighted by atomic mass is 35.5. The smallest absolute Gasteiger partial charge is 0.112 e. The Kier molecular flexibility index (Phi) is 12.9. The number of aromatic nitrogens is 1. The predicted molar refractivity (Wildman–Crippen MR) is 174 cm³/mol. The van der Waals surface area contributed by atoms with Crippen molar-refractivity contribution < 1.29 is 4.74 Å². The van der Waals surface area contributed by atoms with Gasteiger partial charge in [0.1, 0.15) is 5.94 Å². The molecule has 1 aromatic heterocycles. The lowest BCUT2D eigenvalue weighted by atomic mass is 10.0. The molecule has 3 aromatic carbocycles. The van der Waals surface area contributed by atoms with E-state index in [1.165, 1.54) is 11.9 Å². The standard InChI is InChI=1S/C24H20ClN3OS2.C4H7Cl.C2H5N/c25-23-10-5-18(15-22(23)24-21-4-2-1-3-17(21)11-12-26-24)27-31-20-8-6-19(7-9-20)28-13-14-29-16-30-28;1-3-4(2)5;1-2-3/h1-12,15,27H,13-14,16H2;3H,1-2H3;2H,1,3H2/b;4-3+;. The summed E-state index contributed by atoms with van der Waals surface area (Å²) in [7, 11) is 0. The maximum absolute atomic E-state index is 6.55. The van der Waals surface area contributed by atoms with E-state index >= 15 is 0 Å². The van der Waals surface area contributed by atoms with Crippen LogP contribution in [0.1, 0.15) is 13.8 Å². The van der Waals surface area contributed by atoms with E-state index in [2.05, 4.69) is 68.8 Å². The SMILES string of the molecule is C/C=C(\C)Cl.C=CN.Clc1ccc(NSc2ccc(N3CCOCS3)cc2)cc1-c1nccc2ccccc12. The summed E-state index contributed by atoms with van der Waals surface area (Å²) in [6.45, 7) is 8.57. The lowest BCUT2D eigenvalue weighted by Crippen LogP contribution is -2.26. The largest absolute Gasteiger partial charge is 0.405 e. The van der Waals surface area contributed by atoms with Crippen molar-refractivity contribution >= 4 is 69.2 Å². The topological polar surface area (TPSA) is 63.4 Å². The van der Waals surface area contributed by atoms with Gasteiger partial charge in [-0.2, -0.15) is 0 Å². The summed E-state index contributed by atoms with van der Waals surface area (Å²) in [4.78, 5) is 5.76. The lowest BCUT2D eigenvalue weighted by molar-refractivity contribution is 0.184. The van der Waals surface area contributed by atoms with Gasteiger partial charge in [0, 0.05) is 38.4 Å². The van der Waals surface area contributed by atoms with Crippen LogP contribution in [-0.4, -0.2) is 24.1 Å². The fourth-order valence-electron chi connectivity index (χ4n) is 3.48. The predicted octanol–water partition coefficient (Wildman–Crippen LogP) is 9.35. The molecule has 1 saturated heterocycles. The first kappa shape index (κ1) is 30.7. The van der Waals surface area contributed by atoms with E-state index in [9.17, 15) is 0 Å². The number of nitrogens with zero attached hydrogens (tertiary/aromatic N) is 2. The van der Waals surface area contributed by atoms with Gasteiger partial charge in [0.25, 0.3) is 0 Å². The molecule has 2 heterocycles. The van der Waals surface area contributed by atoms with E-state index in [0.29, 0.717) is 11.0 Å². The Morgan fingerprint density at radius 1 is 1.15 bits per heavy atom. The van der Waals surface area contributed by atoms with Gasteiger partial charge in [-0.15, -0.1) is 0 Å².